The minimum Gasteiger partial charge on any atom is -0.434 e. The second-order valence-electron chi connectivity index (χ2n) is 3.82. The maximum absolute atomic E-state index is 12.2. The number of nitrogens with zero attached hydrogens (tertiary/aromatic N) is 1. The summed E-state index contributed by atoms with van der Waals surface area (Å²) in [4.78, 5) is 13.7. The van der Waals surface area contributed by atoms with Crippen LogP contribution in [0, 0.1) is 0 Å². The van der Waals surface area contributed by atoms with E-state index < -0.39 is 12.5 Å². The molecule has 1 amide bonds. The van der Waals surface area contributed by atoms with Gasteiger partial charge in [-0.05, 0) is 12.1 Å². The first-order chi connectivity index (χ1) is 8.91. The van der Waals surface area contributed by atoms with Gasteiger partial charge in [0.2, 0.25) is 0 Å². The molecular weight excluding hydrogens is 274 g/mol. The molecule has 19 heavy (non-hydrogen) atoms. The summed E-state index contributed by atoms with van der Waals surface area (Å²) in [7, 11) is 1.54. The van der Waals surface area contributed by atoms with E-state index in [1.165, 1.54) is 23.1 Å². The second-order valence-corrected chi connectivity index (χ2v) is 4.34. The summed E-state index contributed by atoms with van der Waals surface area (Å²) in [6.45, 7) is -2.66. The number of benzene rings is 1. The summed E-state index contributed by atoms with van der Waals surface area (Å²) in [5.74, 6) is -0.572. The Hall–Kier alpha value is -1.76. The highest BCUT2D eigenvalue weighted by atomic mass is 32.1. The topological polar surface area (TPSA) is 55.6 Å². The number of hydrogen-bond acceptors (Lipinski definition) is 3. The largest absolute Gasteiger partial charge is 0.434 e. The van der Waals surface area contributed by atoms with Crippen molar-refractivity contribution in [1.82, 2.24) is 4.90 Å². The van der Waals surface area contributed by atoms with Gasteiger partial charge in [0.1, 0.15) is 5.75 Å². The zero-order valence-corrected chi connectivity index (χ0v) is 11.1. The third-order valence-electron chi connectivity index (χ3n) is 2.37. The third kappa shape index (κ3) is 4.78. The predicted molar refractivity (Wildman–Crippen MR) is 71.4 cm³/mol. The molecule has 0 bridgehead atoms. The van der Waals surface area contributed by atoms with Crippen molar-refractivity contribution in [3.05, 3.63) is 29.8 Å². The van der Waals surface area contributed by atoms with E-state index >= 15 is 0 Å². The maximum atomic E-state index is 12.2. The van der Waals surface area contributed by atoms with Gasteiger partial charge in [-0.1, -0.05) is 24.4 Å². The highest BCUT2D eigenvalue weighted by Crippen LogP contribution is 2.21. The number of carbonyl (C=O) groups is 1. The summed E-state index contributed by atoms with van der Waals surface area (Å²) in [6, 6.07) is 5.84. The smallest absolute Gasteiger partial charge is 0.387 e. The van der Waals surface area contributed by atoms with Crippen molar-refractivity contribution in [2.45, 2.75) is 13.0 Å². The molecule has 1 aromatic rings. The van der Waals surface area contributed by atoms with E-state index in [0.717, 1.165) is 0 Å². The Kier molecular flexibility index (Phi) is 5.62. The number of hydrogen-bond donors (Lipinski definition) is 1. The van der Waals surface area contributed by atoms with E-state index in [4.69, 9.17) is 18.0 Å². The van der Waals surface area contributed by atoms with E-state index in [2.05, 4.69) is 4.74 Å². The van der Waals surface area contributed by atoms with Crippen LogP contribution >= 0.6 is 12.2 Å². The zero-order valence-electron chi connectivity index (χ0n) is 10.3. The maximum Gasteiger partial charge on any atom is 0.387 e. The van der Waals surface area contributed by atoms with Crippen molar-refractivity contribution in [3.63, 3.8) is 0 Å². The first kappa shape index (κ1) is 15.3. The Balaban J connectivity index is 2.83. The Morgan fingerprint density at radius 2 is 2.11 bits per heavy atom. The lowest BCUT2D eigenvalue weighted by Crippen LogP contribution is -2.30. The highest BCUT2D eigenvalue weighted by molar-refractivity contribution is 7.80. The van der Waals surface area contributed by atoms with Crippen LogP contribution in [-0.2, 0) is 0 Å². The molecule has 0 aromatic heterocycles. The van der Waals surface area contributed by atoms with Crippen molar-refractivity contribution in [2.24, 2.45) is 5.73 Å². The molecule has 4 nitrogen and oxygen atoms in total. The Bertz CT molecular complexity index is 469. The quantitative estimate of drug-likeness (QED) is 0.814. The van der Waals surface area contributed by atoms with Crippen LogP contribution in [0.4, 0.5) is 8.78 Å². The van der Waals surface area contributed by atoms with Crippen LogP contribution in [0.2, 0.25) is 0 Å². The summed E-state index contributed by atoms with van der Waals surface area (Å²) in [5.41, 5.74) is 5.42. The standard InChI is InChI=1S/C12H14F2N2O2S/c1-16(7-6-10(15)19)11(17)8-4-2-3-5-9(8)18-12(13)14/h2-5,12H,6-7H2,1H3,(H2,15,19). The number of alkyl halides is 2. The van der Waals surface area contributed by atoms with Gasteiger partial charge < -0.3 is 15.4 Å². The Morgan fingerprint density at radius 3 is 2.68 bits per heavy atom. The summed E-state index contributed by atoms with van der Waals surface area (Å²) in [6.07, 6.45) is 0.370. The fourth-order valence-electron chi connectivity index (χ4n) is 1.43. The van der Waals surface area contributed by atoms with Gasteiger partial charge in [0.15, 0.2) is 0 Å². The minimum atomic E-state index is -2.98. The van der Waals surface area contributed by atoms with Crippen molar-refractivity contribution in [1.29, 1.82) is 0 Å². The van der Waals surface area contributed by atoms with Gasteiger partial charge in [-0.2, -0.15) is 8.78 Å². The number of amides is 1. The third-order valence-corrected chi connectivity index (χ3v) is 2.58. The van der Waals surface area contributed by atoms with Crippen LogP contribution in [0.3, 0.4) is 0 Å². The van der Waals surface area contributed by atoms with Crippen molar-refractivity contribution < 1.29 is 18.3 Å². The van der Waals surface area contributed by atoms with Gasteiger partial charge in [-0.15, -0.1) is 0 Å². The summed E-state index contributed by atoms with van der Waals surface area (Å²) >= 11 is 4.72. The van der Waals surface area contributed by atoms with Gasteiger partial charge >= 0.3 is 6.61 Å². The average molecular weight is 288 g/mol. The highest BCUT2D eigenvalue weighted by Gasteiger charge is 2.18. The van der Waals surface area contributed by atoms with Crippen LogP contribution in [-0.4, -0.2) is 36.0 Å². The van der Waals surface area contributed by atoms with Crippen LogP contribution in [0.1, 0.15) is 16.8 Å². The molecule has 0 aliphatic carbocycles. The lowest BCUT2D eigenvalue weighted by Gasteiger charge is -2.18. The lowest BCUT2D eigenvalue weighted by molar-refractivity contribution is -0.0502. The molecule has 7 heteroatoms. The molecule has 0 unspecified atom stereocenters. The summed E-state index contributed by atoms with van der Waals surface area (Å²) < 4.78 is 28.8. The first-order valence-electron chi connectivity index (χ1n) is 5.49. The van der Waals surface area contributed by atoms with Gasteiger partial charge in [-0.25, -0.2) is 0 Å². The first-order valence-corrected chi connectivity index (χ1v) is 5.90. The van der Waals surface area contributed by atoms with Crippen LogP contribution in [0.15, 0.2) is 24.3 Å². The van der Waals surface area contributed by atoms with Crippen molar-refractivity contribution >= 4 is 23.1 Å². The van der Waals surface area contributed by atoms with E-state index in [0.29, 0.717) is 13.0 Å². The average Bonchev–Trinajstić information content (AvgIpc) is 2.35. The number of ether oxygens (including phenoxy) is 1. The van der Waals surface area contributed by atoms with E-state index in [-0.39, 0.29) is 16.3 Å². The monoisotopic (exact) mass is 288 g/mol. The molecule has 0 aliphatic heterocycles. The van der Waals surface area contributed by atoms with E-state index in [1.807, 2.05) is 0 Å². The Morgan fingerprint density at radius 1 is 1.47 bits per heavy atom. The molecule has 2 N–H and O–H groups in total. The normalized spacial score (nSPS) is 10.3. The van der Waals surface area contributed by atoms with Crippen molar-refractivity contribution in [2.75, 3.05) is 13.6 Å². The molecule has 0 heterocycles. The molecule has 104 valence electrons. The summed E-state index contributed by atoms with van der Waals surface area (Å²) in [5, 5.41) is 0. The van der Waals surface area contributed by atoms with E-state index in [9.17, 15) is 13.6 Å². The molecule has 0 radical (unpaired) electrons. The SMILES string of the molecule is CN(CCC(N)=S)C(=O)c1ccccc1OC(F)F. The molecule has 0 atom stereocenters. The lowest BCUT2D eigenvalue weighted by atomic mass is 10.1. The zero-order chi connectivity index (χ0) is 14.4. The van der Waals surface area contributed by atoms with Crippen molar-refractivity contribution in [3.8, 4) is 5.75 Å². The molecule has 1 rings (SSSR count). The molecule has 0 spiro atoms. The molecular formula is C12H14F2N2O2S. The Labute approximate surface area is 115 Å². The molecule has 0 fully saturated rings. The van der Waals surface area contributed by atoms with E-state index in [1.54, 1.807) is 13.1 Å². The van der Waals surface area contributed by atoms with Gasteiger partial charge in [0.05, 0.1) is 10.6 Å². The van der Waals surface area contributed by atoms with Gasteiger partial charge in [0.25, 0.3) is 5.91 Å². The number of nitrogens with two attached hydrogens (primary N) is 1. The van der Waals surface area contributed by atoms with Crippen LogP contribution in [0.25, 0.3) is 0 Å². The van der Waals surface area contributed by atoms with Gasteiger partial charge in [-0.3, -0.25) is 4.79 Å². The number of carbonyl (C=O) groups excluding carboxylic acids is 1. The number of thiocarbonyl (C=S) groups is 1. The fraction of sp³-hybridized carbons (Fsp3) is 0.333. The molecule has 0 saturated carbocycles. The molecule has 1 aromatic carbocycles. The molecule has 0 aliphatic rings. The second kappa shape index (κ2) is 6.98. The van der Waals surface area contributed by atoms with Crippen LogP contribution in [0.5, 0.6) is 5.75 Å². The number of para-hydroxylation sites is 1. The number of rotatable bonds is 6. The van der Waals surface area contributed by atoms with Gasteiger partial charge in [0, 0.05) is 20.0 Å². The number of halogens is 2. The minimum absolute atomic E-state index is 0.0771. The predicted octanol–water partition coefficient (Wildman–Crippen LogP) is 2.04. The van der Waals surface area contributed by atoms with Crippen LogP contribution < -0.4 is 10.5 Å². The molecule has 0 saturated heterocycles. The fourth-order valence-corrected chi connectivity index (χ4v) is 1.52.